The summed E-state index contributed by atoms with van der Waals surface area (Å²) in [6.45, 7) is 2.80. The Hall–Kier alpha value is -0.400. The molecule has 0 radical (unpaired) electrons. The van der Waals surface area contributed by atoms with Gasteiger partial charge in [0, 0.05) is 0 Å². The van der Waals surface area contributed by atoms with E-state index in [9.17, 15) is 15.3 Å². The van der Waals surface area contributed by atoms with E-state index in [2.05, 4.69) is 4.74 Å². The molecular weight excluding hydrogens is 316 g/mol. The zero-order chi connectivity index (χ0) is 17.9. The zero-order valence-electron chi connectivity index (χ0n) is 12.9. The first kappa shape index (κ1) is 20.6. The van der Waals surface area contributed by atoms with Crippen LogP contribution in [0.15, 0.2) is 0 Å². The van der Waals surface area contributed by atoms with Crippen molar-refractivity contribution in [3.63, 3.8) is 0 Å². The van der Waals surface area contributed by atoms with E-state index < -0.39 is 67.8 Å². The summed E-state index contributed by atoms with van der Waals surface area (Å²) < 4.78 is 9.70. The van der Waals surface area contributed by atoms with E-state index in [0.29, 0.717) is 0 Å². The molecule has 0 aliphatic carbocycles. The van der Waals surface area contributed by atoms with Gasteiger partial charge in [-0.2, -0.15) is 0 Å². The first-order valence-electron chi connectivity index (χ1n) is 7.30. The van der Waals surface area contributed by atoms with E-state index >= 15 is 0 Å². The van der Waals surface area contributed by atoms with Crippen molar-refractivity contribution in [3.8, 4) is 0 Å². The van der Waals surface area contributed by atoms with Crippen LogP contribution in [0, 0.1) is 0 Å². The quantitative estimate of drug-likeness (QED) is 0.232. The predicted molar refractivity (Wildman–Crippen MR) is 74.0 cm³/mol. The fourth-order valence-electron chi connectivity index (χ4n) is 2.34. The average Bonchev–Trinajstić information content (AvgIpc) is 2.53. The maximum absolute atomic E-state index is 9.21. The Morgan fingerprint density at radius 1 is 0.609 bits per heavy atom. The Balaban J connectivity index is 0.000000231. The highest BCUT2D eigenvalue weighted by molar-refractivity contribution is 4.88. The molecule has 10 atom stereocenters. The Labute approximate surface area is 133 Å². The van der Waals surface area contributed by atoms with Crippen molar-refractivity contribution >= 4 is 0 Å². The highest BCUT2D eigenvalue weighted by atomic mass is 16.6. The van der Waals surface area contributed by atoms with Crippen LogP contribution in [0.2, 0.25) is 0 Å². The predicted octanol–water partition coefficient (Wildman–Crippen LogP) is -4.35. The Kier molecular flexibility index (Phi) is 7.74. The molecule has 2 saturated heterocycles. The van der Waals surface area contributed by atoms with Crippen molar-refractivity contribution in [3.05, 3.63) is 0 Å². The molecule has 2 rings (SSSR count). The lowest BCUT2D eigenvalue weighted by Gasteiger charge is -2.37. The fourth-order valence-corrected chi connectivity index (χ4v) is 2.34. The molecular formula is C13H26O10. The highest BCUT2D eigenvalue weighted by Gasteiger charge is 2.42. The van der Waals surface area contributed by atoms with Crippen molar-refractivity contribution in [1.82, 2.24) is 0 Å². The number of hydrogen-bond donors (Lipinski definition) is 8. The average molecular weight is 342 g/mol. The normalized spacial score (nSPS) is 50.9. The third-order valence-corrected chi connectivity index (χ3v) is 3.96. The Morgan fingerprint density at radius 2 is 1.04 bits per heavy atom. The van der Waals surface area contributed by atoms with Gasteiger partial charge in [-0.05, 0) is 13.8 Å². The first-order valence-corrected chi connectivity index (χ1v) is 7.30. The first-order chi connectivity index (χ1) is 10.6. The van der Waals surface area contributed by atoms with Crippen molar-refractivity contribution in [1.29, 1.82) is 0 Å². The molecule has 23 heavy (non-hydrogen) atoms. The van der Waals surface area contributed by atoms with Gasteiger partial charge in [0.25, 0.3) is 0 Å². The maximum Gasteiger partial charge on any atom is 0.184 e. The summed E-state index contributed by atoms with van der Waals surface area (Å²) in [5.74, 6) is 0. The third kappa shape index (κ3) is 4.79. The van der Waals surface area contributed by atoms with Crippen LogP contribution in [0.4, 0.5) is 0 Å². The van der Waals surface area contributed by atoms with Gasteiger partial charge < -0.3 is 50.3 Å². The summed E-state index contributed by atoms with van der Waals surface area (Å²) in [5, 5.41) is 72.3. The van der Waals surface area contributed by atoms with Crippen molar-refractivity contribution in [2.45, 2.75) is 75.1 Å². The van der Waals surface area contributed by atoms with Gasteiger partial charge in [-0.1, -0.05) is 0 Å². The molecule has 10 nitrogen and oxygen atoms in total. The summed E-state index contributed by atoms with van der Waals surface area (Å²) in [6, 6.07) is 0. The van der Waals surface area contributed by atoms with Crippen LogP contribution in [0.25, 0.3) is 0 Å². The van der Waals surface area contributed by atoms with Gasteiger partial charge >= 0.3 is 0 Å². The van der Waals surface area contributed by atoms with E-state index in [1.807, 2.05) is 0 Å². The second-order valence-electron chi connectivity index (χ2n) is 5.74. The minimum Gasteiger partial charge on any atom is -0.394 e. The number of aliphatic hydroxyl groups is 8. The lowest BCUT2D eigenvalue weighted by Crippen LogP contribution is -2.58. The lowest BCUT2D eigenvalue weighted by atomic mass is 9.97. The van der Waals surface area contributed by atoms with Gasteiger partial charge in [0.1, 0.15) is 42.7 Å². The topological polar surface area (TPSA) is 180 Å². The van der Waals surface area contributed by atoms with E-state index in [1.165, 1.54) is 0 Å². The largest absolute Gasteiger partial charge is 0.394 e. The number of ether oxygens (including phenoxy) is 2. The van der Waals surface area contributed by atoms with E-state index in [0.717, 1.165) is 0 Å². The van der Waals surface area contributed by atoms with E-state index in [-0.39, 0.29) is 0 Å². The van der Waals surface area contributed by atoms with Crippen LogP contribution in [-0.2, 0) is 9.47 Å². The minimum atomic E-state index is -1.57. The maximum atomic E-state index is 9.21. The summed E-state index contributed by atoms with van der Waals surface area (Å²) >= 11 is 0. The molecule has 0 aromatic carbocycles. The van der Waals surface area contributed by atoms with Gasteiger partial charge in [0.05, 0.1) is 18.8 Å². The van der Waals surface area contributed by atoms with Crippen LogP contribution in [0.1, 0.15) is 13.8 Å². The molecule has 0 aromatic rings. The minimum absolute atomic E-state index is 0.414. The molecule has 0 aromatic heterocycles. The van der Waals surface area contributed by atoms with Crippen LogP contribution in [0.5, 0.6) is 0 Å². The van der Waals surface area contributed by atoms with Gasteiger partial charge in [-0.3, -0.25) is 0 Å². The summed E-state index contributed by atoms with van der Waals surface area (Å²) in [4.78, 5) is 0. The molecule has 8 N–H and O–H groups in total. The van der Waals surface area contributed by atoms with Crippen molar-refractivity contribution in [2.75, 3.05) is 6.61 Å². The molecule has 10 heteroatoms. The second kappa shape index (κ2) is 8.62. The van der Waals surface area contributed by atoms with Gasteiger partial charge in [0.2, 0.25) is 0 Å². The number of rotatable bonds is 1. The fraction of sp³-hybridized carbons (Fsp3) is 1.00. The van der Waals surface area contributed by atoms with Crippen LogP contribution >= 0.6 is 0 Å². The highest BCUT2D eigenvalue weighted by Crippen LogP contribution is 2.20. The molecule has 138 valence electrons. The molecule has 2 fully saturated rings. The molecule has 0 spiro atoms. The SMILES string of the molecule is CC1O[C@@H](C)C(O)C(O)[C@H]1O.OCC1O[C@@H](O)C(O)[C@@H](O)[C@H]1O. The standard InChI is InChI=1S/C7H14O4.C6H12O6/c1-3-5(8)7(10)6(9)4(2)11-3;7-1-2-3(8)4(9)5(10)6(11)12-2/h3-10H,1-2H3;2-11H,1H2/t3-,4?,5?,6-,7?;2?,3-,4-,5?,6+/m00/s1. The number of hydrogen-bond acceptors (Lipinski definition) is 10. The Morgan fingerprint density at radius 3 is 1.48 bits per heavy atom. The van der Waals surface area contributed by atoms with Gasteiger partial charge in [-0.25, -0.2) is 0 Å². The molecule has 2 heterocycles. The summed E-state index contributed by atoms with van der Waals surface area (Å²) in [7, 11) is 0. The molecule has 5 unspecified atom stereocenters. The van der Waals surface area contributed by atoms with E-state index in [1.54, 1.807) is 13.8 Å². The molecule has 0 amide bonds. The molecule has 0 bridgehead atoms. The van der Waals surface area contributed by atoms with Gasteiger partial charge in [-0.15, -0.1) is 0 Å². The lowest BCUT2D eigenvalue weighted by molar-refractivity contribution is -0.286. The smallest absolute Gasteiger partial charge is 0.184 e. The molecule has 0 saturated carbocycles. The van der Waals surface area contributed by atoms with Crippen LogP contribution < -0.4 is 0 Å². The van der Waals surface area contributed by atoms with Crippen molar-refractivity contribution < 1.29 is 50.3 Å². The molecule has 2 aliphatic heterocycles. The van der Waals surface area contributed by atoms with Crippen LogP contribution in [0.3, 0.4) is 0 Å². The Bertz CT molecular complexity index is 337. The van der Waals surface area contributed by atoms with Crippen LogP contribution in [-0.4, -0.2) is 109 Å². The number of aliphatic hydroxyl groups excluding tert-OH is 8. The summed E-state index contributed by atoms with van der Waals surface area (Å²) in [6.07, 6.45) is -10.9. The van der Waals surface area contributed by atoms with Crippen molar-refractivity contribution in [2.24, 2.45) is 0 Å². The molecule has 2 aliphatic rings. The van der Waals surface area contributed by atoms with E-state index in [4.69, 9.17) is 30.3 Å². The third-order valence-electron chi connectivity index (χ3n) is 3.96. The summed E-state index contributed by atoms with van der Waals surface area (Å²) in [5.41, 5.74) is 0. The van der Waals surface area contributed by atoms with Gasteiger partial charge in [0.15, 0.2) is 6.29 Å². The monoisotopic (exact) mass is 342 g/mol. The second-order valence-corrected chi connectivity index (χ2v) is 5.74. The zero-order valence-corrected chi connectivity index (χ0v) is 12.9.